The third kappa shape index (κ3) is 5.01. The number of nitrogens with one attached hydrogen (secondary N) is 1. The van der Waals surface area contributed by atoms with Gasteiger partial charge in [-0.15, -0.1) is 0 Å². The maximum absolute atomic E-state index is 11.6. The number of carbonyl (C=O) groups excluding carboxylic acids is 1. The van der Waals surface area contributed by atoms with Gasteiger partial charge in [0.15, 0.2) is 0 Å². The average molecular weight is 258 g/mol. The van der Waals surface area contributed by atoms with Gasteiger partial charge in [0, 0.05) is 19.6 Å². The molecule has 1 fully saturated rings. The molecule has 2 N–H and O–H groups in total. The molecule has 1 amide bonds. The van der Waals surface area contributed by atoms with Crippen molar-refractivity contribution in [2.24, 2.45) is 0 Å². The van der Waals surface area contributed by atoms with Crippen molar-refractivity contribution in [1.82, 2.24) is 10.2 Å². The van der Waals surface area contributed by atoms with Gasteiger partial charge in [-0.05, 0) is 20.8 Å². The van der Waals surface area contributed by atoms with Gasteiger partial charge < -0.3 is 15.2 Å². The molecule has 0 aliphatic carbocycles. The largest absolute Gasteiger partial charge is 0.481 e. The zero-order valence-corrected chi connectivity index (χ0v) is 11.2. The predicted molar refractivity (Wildman–Crippen MR) is 66.3 cm³/mol. The topological polar surface area (TPSA) is 78.9 Å². The van der Waals surface area contributed by atoms with Crippen LogP contribution in [-0.2, 0) is 14.3 Å². The number of carboxylic acid groups (broad SMARTS) is 1. The smallest absolute Gasteiger partial charge is 0.305 e. The van der Waals surface area contributed by atoms with E-state index >= 15 is 0 Å². The molecule has 0 radical (unpaired) electrons. The standard InChI is InChI=1S/C12H22N2O4/c1-12(2,3)18-7-6-14-5-4-13-11(17)9(14)8-10(15)16/h9H,4-8H2,1-3H3,(H,13,17)(H,15,16). The van der Waals surface area contributed by atoms with Crippen LogP contribution in [0.4, 0.5) is 0 Å². The maximum Gasteiger partial charge on any atom is 0.305 e. The predicted octanol–water partition coefficient (Wildman–Crippen LogP) is 0.0766. The third-order valence-electron chi connectivity index (χ3n) is 2.72. The molecule has 0 aromatic carbocycles. The molecule has 0 saturated carbocycles. The van der Waals surface area contributed by atoms with E-state index in [1.165, 1.54) is 0 Å². The van der Waals surface area contributed by atoms with Crippen LogP contribution in [0, 0.1) is 0 Å². The SMILES string of the molecule is CC(C)(C)OCCN1CCNC(=O)C1CC(=O)O. The van der Waals surface area contributed by atoms with Crippen molar-refractivity contribution in [2.75, 3.05) is 26.2 Å². The van der Waals surface area contributed by atoms with Crippen LogP contribution in [0.3, 0.4) is 0 Å². The second-order valence-electron chi connectivity index (χ2n) is 5.40. The molecular formula is C12H22N2O4. The zero-order chi connectivity index (χ0) is 13.8. The van der Waals surface area contributed by atoms with Crippen molar-refractivity contribution in [3.8, 4) is 0 Å². The molecule has 6 heteroatoms. The minimum Gasteiger partial charge on any atom is -0.481 e. The Morgan fingerprint density at radius 3 is 2.78 bits per heavy atom. The number of carboxylic acids is 1. The number of piperazine rings is 1. The van der Waals surface area contributed by atoms with E-state index in [1.807, 2.05) is 25.7 Å². The van der Waals surface area contributed by atoms with Gasteiger partial charge in [-0.2, -0.15) is 0 Å². The molecule has 18 heavy (non-hydrogen) atoms. The Bertz CT molecular complexity index is 312. The van der Waals surface area contributed by atoms with Crippen LogP contribution in [-0.4, -0.2) is 59.8 Å². The molecular weight excluding hydrogens is 236 g/mol. The zero-order valence-electron chi connectivity index (χ0n) is 11.2. The van der Waals surface area contributed by atoms with E-state index in [-0.39, 0.29) is 17.9 Å². The molecule has 104 valence electrons. The molecule has 0 aromatic heterocycles. The highest BCUT2D eigenvalue weighted by molar-refractivity contribution is 5.86. The Morgan fingerprint density at radius 2 is 2.22 bits per heavy atom. The molecule has 1 saturated heterocycles. The van der Waals surface area contributed by atoms with Gasteiger partial charge in [0.25, 0.3) is 0 Å². The summed E-state index contributed by atoms with van der Waals surface area (Å²) in [7, 11) is 0. The number of ether oxygens (including phenoxy) is 1. The lowest BCUT2D eigenvalue weighted by molar-refractivity contribution is -0.143. The molecule has 1 atom stereocenters. The normalized spacial score (nSPS) is 21.7. The highest BCUT2D eigenvalue weighted by Crippen LogP contribution is 2.11. The number of hydrogen-bond acceptors (Lipinski definition) is 4. The van der Waals surface area contributed by atoms with Gasteiger partial charge in [0.2, 0.25) is 5.91 Å². The lowest BCUT2D eigenvalue weighted by Gasteiger charge is -2.34. The molecule has 1 rings (SSSR count). The Balaban J connectivity index is 2.49. The van der Waals surface area contributed by atoms with Crippen LogP contribution in [0.2, 0.25) is 0 Å². The summed E-state index contributed by atoms with van der Waals surface area (Å²) in [6, 6.07) is -0.584. The average Bonchev–Trinajstić information content (AvgIpc) is 2.20. The number of amides is 1. The minimum absolute atomic E-state index is 0.165. The molecule has 1 aliphatic heterocycles. The van der Waals surface area contributed by atoms with Gasteiger partial charge in [-0.1, -0.05) is 0 Å². The fourth-order valence-electron chi connectivity index (χ4n) is 1.89. The van der Waals surface area contributed by atoms with Gasteiger partial charge in [-0.3, -0.25) is 14.5 Å². The van der Waals surface area contributed by atoms with Crippen LogP contribution in [0.5, 0.6) is 0 Å². The molecule has 1 aliphatic rings. The van der Waals surface area contributed by atoms with E-state index in [0.29, 0.717) is 26.2 Å². The van der Waals surface area contributed by atoms with Crippen molar-refractivity contribution < 1.29 is 19.4 Å². The van der Waals surface area contributed by atoms with Crippen molar-refractivity contribution in [3.63, 3.8) is 0 Å². The molecule has 1 unspecified atom stereocenters. The number of nitrogens with zero attached hydrogens (tertiary/aromatic N) is 1. The van der Waals surface area contributed by atoms with E-state index in [2.05, 4.69) is 5.32 Å². The maximum atomic E-state index is 11.6. The first-order chi connectivity index (χ1) is 8.29. The van der Waals surface area contributed by atoms with Crippen molar-refractivity contribution >= 4 is 11.9 Å². The molecule has 1 heterocycles. The molecule has 0 spiro atoms. The van der Waals surface area contributed by atoms with E-state index in [1.54, 1.807) is 0 Å². The van der Waals surface area contributed by atoms with Crippen molar-refractivity contribution in [2.45, 2.75) is 38.8 Å². The lowest BCUT2D eigenvalue weighted by Crippen LogP contribution is -2.56. The quantitative estimate of drug-likeness (QED) is 0.730. The first-order valence-corrected chi connectivity index (χ1v) is 6.17. The monoisotopic (exact) mass is 258 g/mol. The summed E-state index contributed by atoms with van der Waals surface area (Å²) in [5.74, 6) is -1.17. The van der Waals surface area contributed by atoms with Gasteiger partial charge in [0.1, 0.15) is 0 Å². The Morgan fingerprint density at radius 1 is 1.56 bits per heavy atom. The molecule has 0 bridgehead atoms. The summed E-state index contributed by atoms with van der Waals surface area (Å²) in [5.41, 5.74) is -0.222. The Kier molecular flexibility index (Phi) is 5.10. The van der Waals surface area contributed by atoms with Crippen LogP contribution in [0.25, 0.3) is 0 Å². The summed E-state index contributed by atoms with van der Waals surface area (Å²) >= 11 is 0. The summed E-state index contributed by atoms with van der Waals surface area (Å²) in [4.78, 5) is 24.3. The number of hydrogen-bond donors (Lipinski definition) is 2. The number of rotatable bonds is 5. The van der Waals surface area contributed by atoms with E-state index < -0.39 is 12.0 Å². The van der Waals surface area contributed by atoms with Crippen molar-refractivity contribution in [1.29, 1.82) is 0 Å². The second kappa shape index (κ2) is 6.15. The number of carbonyl (C=O) groups is 2. The summed E-state index contributed by atoms with van der Waals surface area (Å²) in [6.07, 6.45) is -0.165. The fourth-order valence-corrected chi connectivity index (χ4v) is 1.89. The first kappa shape index (κ1) is 14.9. The molecule has 0 aromatic rings. The van der Waals surface area contributed by atoms with Crippen LogP contribution >= 0.6 is 0 Å². The summed E-state index contributed by atoms with van der Waals surface area (Å²) < 4.78 is 5.60. The minimum atomic E-state index is -0.959. The highest BCUT2D eigenvalue weighted by Gasteiger charge is 2.31. The van der Waals surface area contributed by atoms with E-state index in [4.69, 9.17) is 9.84 Å². The van der Waals surface area contributed by atoms with Crippen LogP contribution < -0.4 is 5.32 Å². The van der Waals surface area contributed by atoms with Crippen LogP contribution in [0.1, 0.15) is 27.2 Å². The number of aliphatic carboxylic acids is 1. The second-order valence-corrected chi connectivity index (χ2v) is 5.40. The summed E-state index contributed by atoms with van der Waals surface area (Å²) in [6.45, 7) is 8.18. The van der Waals surface area contributed by atoms with E-state index in [9.17, 15) is 9.59 Å². The fraction of sp³-hybridized carbons (Fsp3) is 0.833. The highest BCUT2D eigenvalue weighted by atomic mass is 16.5. The first-order valence-electron chi connectivity index (χ1n) is 6.17. The summed E-state index contributed by atoms with van der Waals surface area (Å²) in [5, 5.41) is 11.5. The Labute approximate surface area is 107 Å². The lowest BCUT2D eigenvalue weighted by atomic mass is 10.1. The third-order valence-corrected chi connectivity index (χ3v) is 2.72. The van der Waals surface area contributed by atoms with E-state index in [0.717, 1.165) is 0 Å². The Hall–Kier alpha value is -1.14. The van der Waals surface area contributed by atoms with Crippen LogP contribution in [0.15, 0.2) is 0 Å². The van der Waals surface area contributed by atoms with Gasteiger partial charge >= 0.3 is 5.97 Å². The molecule has 6 nitrogen and oxygen atoms in total. The van der Waals surface area contributed by atoms with Gasteiger partial charge in [0.05, 0.1) is 24.7 Å². The van der Waals surface area contributed by atoms with Crippen molar-refractivity contribution in [3.05, 3.63) is 0 Å². The van der Waals surface area contributed by atoms with Gasteiger partial charge in [-0.25, -0.2) is 0 Å².